The number of nitrogens with one attached hydrogen (secondary N) is 2. The van der Waals surface area contributed by atoms with Crippen LogP contribution in [0.4, 0.5) is 5.69 Å². The van der Waals surface area contributed by atoms with Crippen molar-refractivity contribution in [3.63, 3.8) is 0 Å². The number of methoxy groups -OCH3 is 1. The molecular formula is C25H29N5O4S. The molecule has 2 N–H and O–H groups in total. The molecule has 35 heavy (non-hydrogen) atoms. The Bertz CT molecular complexity index is 1100. The maximum atomic E-state index is 12.4. The van der Waals surface area contributed by atoms with Gasteiger partial charge in [-0.3, -0.25) is 14.5 Å². The van der Waals surface area contributed by atoms with E-state index in [1.807, 2.05) is 6.07 Å². The highest BCUT2D eigenvalue weighted by atomic mass is 32.1. The van der Waals surface area contributed by atoms with Gasteiger partial charge in [0, 0.05) is 31.4 Å². The van der Waals surface area contributed by atoms with Crippen LogP contribution in [0.3, 0.4) is 0 Å². The van der Waals surface area contributed by atoms with Crippen molar-refractivity contribution in [1.82, 2.24) is 20.4 Å². The van der Waals surface area contributed by atoms with E-state index in [0.29, 0.717) is 16.4 Å². The van der Waals surface area contributed by atoms with Crippen molar-refractivity contribution in [3.05, 3.63) is 70.2 Å². The highest BCUT2D eigenvalue weighted by molar-refractivity contribution is 7.13. The second kappa shape index (κ2) is 12.4. The number of hydrogen-bond donors (Lipinski definition) is 2. The minimum absolute atomic E-state index is 0.0583. The molecule has 2 heterocycles. The van der Waals surface area contributed by atoms with E-state index in [1.54, 1.807) is 31.4 Å². The fourth-order valence-corrected chi connectivity index (χ4v) is 4.51. The molecule has 0 saturated carbocycles. The number of aromatic nitrogens is 2. The molecule has 1 aliphatic rings. The molecular weight excluding hydrogens is 466 g/mol. The summed E-state index contributed by atoms with van der Waals surface area (Å²) >= 11 is 1.13. The number of ether oxygens (including phenoxy) is 2. The average molecular weight is 496 g/mol. The zero-order valence-corrected chi connectivity index (χ0v) is 20.4. The minimum Gasteiger partial charge on any atom is -0.497 e. The number of rotatable bonds is 10. The Hall–Kier alpha value is -3.34. The lowest BCUT2D eigenvalue weighted by Crippen LogP contribution is -2.45. The Morgan fingerprint density at radius 3 is 2.51 bits per heavy atom. The second-order valence-corrected chi connectivity index (χ2v) is 9.34. The number of likely N-dealkylation sites (tertiary alicyclic amines) is 1. The number of carbonyl (C=O) groups excluding carboxylic acids is 2. The molecule has 184 valence electrons. The number of carbonyl (C=O) groups is 2. The lowest BCUT2D eigenvalue weighted by Gasteiger charge is -2.32. The summed E-state index contributed by atoms with van der Waals surface area (Å²) in [6.45, 7) is 2.90. The van der Waals surface area contributed by atoms with Crippen LogP contribution in [0.25, 0.3) is 0 Å². The first-order valence-electron chi connectivity index (χ1n) is 11.5. The molecule has 0 radical (unpaired) electrons. The first kappa shape index (κ1) is 24.8. The molecule has 10 heteroatoms. The Morgan fingerprint density at radius 2 is 1.80 bits per heavy atom. The topological polar surface area (TPSA) is 106 Å². The van der Waals surface area contributed by atoms with Gasteiger partial charge >= 0.3 is 0 Å². The van der Waals surface area contributed by atoms with Gasteiger partial charge in [0.05, 0.1) is 7.11 Å². The van der Waals surface area contributed by atoms with E-state index in [1.165, 1.54) is 5.56 Å². The van der Waals surface area contributed by atoms with Gasteiger partial charge in [-0.05, 0) is 42.7 Å². The summed E-state index contributed by atoms with van der Waals surface area (Å²) in [5, 5.41) is 14.5. The van der Waals surface area contributed by atoms with Crippen LogP contribution in [0, 0.1) is 0 Å². The van der Waals surface area contributed by atoms with Crippen LogP contribution in [-0.4, -0.2) is 59.8 Å². The first-order valence-corrected chi connectivity index (χ1v) is 12.3. The van der Waals surface area contributed by atoms with Crippen molar-refractivity contribution in [2.24, 2.45) is 0 Å². The Balaban J connectivity index is 1.13. The van der Waals surface area contributed by atoms with E-state index in [9.17, 15) is 9.59 Å². The molecule has 1 aliphatic heterocycles. The van der Waals surface area contributed by atoms with Crippen molar-refractivity contribution in [3.8, 4) is 5.75 Å². The van der Waals surface area contributed by atoms with E-state index < -0.39 is 0 Å². The molecule has 9 nitrogen and oxygen atoms in total. The van der Waals surface area contributed by atoms with E-state index in [2.05, 4.69) is 50.0 Å². The summed E-state index contributed by atoms with van der Waals surface area (Å²) in [5.41, 5.74) is 1.94. The average Bonchev–Trinajstić information content (AvgIpc) is 3.35. The third kappa shape index (κ3) is 7.57. The Labute approximate surface area is 208 Å². The van der Waals surface area contributed by atoms with Crippen LogP contribution < -0.4 is 15.4 Å². The normalized spacial score (nSPS) is 14.4. The molecule has 2 amide bonds. The van der Waals surface area contributed by atoms with Crippen molar-refractivity contribution >= 4 is 28.8 Å². The molecule has 2 aromatic carbocycles. The van der Waals surface area contributed by atoms with Crippen LogP contribution in [0.15, 0.2) is 54.6 Å². The van der Waals surface area contributed by atoms with Gasteiger partial charge in [0.15, 0.2) is 0 Å². The van der Waals surface area contributed by atoms with E-state index in [0.717, 1.165) is 43.8 Å². The Kier molecular flexibility index (Phi) is 8.77. The standard InChI is InChI=1S/C25H29N5O4S/c1-33-21-9-7-19(8-10-21)27-24(32)25-29-28-23(35-25)17-34-16-22(31)26-20-11-13-30(14-12-20)15-18-5-3-2-4-6-18/h2-10,20H,11-17H2,1H3,(H,26,31)(H,27,32). The number of nitrogens with zero attached hydrogens (tertiary/aromatic N) is 3. The van der Waals surface area contributed by atoms with Gasteiger partial charge in [0.25, 0.3) is 5.91 Å². The van der Waals surface area contributed by atoms with Crippen molar-refractivity contribution < 1.29 is 19.1 Å². The van der Waals surface area contributed by atoms with Crippen LogP contribution in [0.1, 0.15) is 33.2 Å². The lowest BCUT2D eigenvalue weighted by atomic mass is 10.0. The molecule has 0 bridgehead atoms. The van der Waals surface area contributed by atoms with Crippen LogP contribution in [-0.2, 0) is 22.7 Å². The number of benzene rings is 2. The van der Waals surface area contributed by atoms with Gasteiger partial charge in [0.2, 0.25) is 10.9 Å². The molecule has 4 rings (SSSR count). The summed E-state index contributed by atoms with van der Waals surface area (Å²) in [7, 11) is 1.58. The highest BCUT2D eigenvalue weighted by Crippen LogP contribution is 2.18. The van der Waals surface area contributed by atoms with Gasteiger partial charge in [-0.2, -0.15) is 0 Å². The number of anilines is 1. The number of hydrogen-bond acceptors (Lipinski definition) is 8. The van der Waals surface area contributed by atoms with Crippen LogP contribution in [0.5, 0.6) is 5.75 Å². The largest absolute Gasteiger partial charge is 0.497 e. The third-order valence-corrected chi connectivity index (χ3v) is 6.56. The molecule has 1 aromatic heterocycles. The number of piperidine rings is 1. The summed E-state index contributed by atoms with van der Waals surface area (Å²) in [5.74, 6) is 0.208. The molecule has 0 atom stereocenters. The van der Waals surface area contributed by atoms with Gasteiger partial charge < -0.3 is 20.1 Å². The first-order chi connectivity index (χ1) is 17.1. The van der Waals surface area contributed by atoms with Crippen LogP contribution >= 0.6 is 11.3 Å². The lowest BCUT2D eigenvalue weighted by molar-refractivity contribution is -0.127. The zero-order chi connectivity index (χ0) is 24.5. The molecule has 0 spiro atoms. The monoisotopic (exact) mass is 495 g/mol. The fourth-order valence-electron chi connectivity index (χ4n) is 3.84. The second-order valence-electron chi connectivity index (χ2n) is 8.28. The molecule has 1 saturated heterocycles. The van der Waals surface area contributed by atoms with Crippen molar-refractivity contribution in [1.29, 1.82) is 0 Å². The maximum Gasteiger partial charge on any atom is 0.286 e. The Morgan fingerprint density at radius 1 is 1.06 bits per heavy atom. The quantitative estimate of drug-likeness (QED) is 0.445. The molecule has 3 aromatic rings. The van der Waals surface area contributed by atoms with Crippen molar-refractivity contribution in [2.45, 2.75) is 32.0 Å². The number of amides is 2. The fraction of sp³-hybridized carbons (Fsp3) is 0.360. The predicted molar refractivity (Wildman–Crippen MR) is 133 cm³/mol. The minimum atomic E-state index is -0.352. The maximum absolute atomic E-state index is 12.4. The van der Waals surface area contributed by atoms with E-state index in [4.69, 9.17) is 9.47 Å². The van der Waals surface area contributed by atoms with E-state index >= 15 is 0 Å². The van der Waals surface area contributed by atoms with Gasteiger partial charge in [-0.25, -0.2) is 0 Å². The summed E-state index contributed by atoms with van der Waals surface area (Å²) in [4.78, 5) is 27.1. The highest BCUT2D eigenvalue weighted by Gasteiger charge is 2.21. The summed E-state index contributed by atoms with van der Waals surface area (Å²) < 4.78 is 10.6. The van der Waals surface area contributed by atoms with Crippen molar-refractivity contribution in [2.75, 3.05) is 32.1 Å². The van der Waals surface area contributed by atoms with Gasteiger partial charge in [-0.1, -0.05) is 41.7 Å². The van der Waals surface area contributed by atoms with Gasteiger partial charge in [-0.15, -0.1) is 10.2 Å². The van der Waals surface area contributed by atoms with Gasteiger partial charge in [0.1, 0.15) is 24.0 Å². The summed E-state index contributed by atoms with van der Waals surface area (Å²) in [6, 6.07) is 17.6. The van der Waals surface area contributed by atoms with Crippen LogP contribution in [0.2, 0.25) is 0 Å². The zero-order valence-electron chi connectivity index (χ0n) is 19.6. The predicted octanol–water partition coefficient (Wildman–Crippen LogP) is 3.10. The third-order valence-electron chi connectivity index (χ3n) is 5.67. The van der Waals surface area contributed by atoms with E-state index in [-0.39, 0.29) is 36.1 Å². The summed E-state index contributed by atoms with van der Waals surface area (Å²) in [6.07, 6.45) is 1.84. The smallest absolute Gasteiger partial charge is 0.286 e. The molecule has 0 aliphatic carbocycles. The molecule has 1 fully saturated rings. The molecule has 0 unspecified atom stereocenters. The SMILES string of the molecule is COc1ccc(NC(=O)c2nnc(COCC(=O)NC3CCN(Cc4ccccc4)CC3)s2)cc1.